The summed E-state index contributed by atoms with van der Waals surface area (Å²) in [6.07, 6.45) is 0. The summed E-state index contributed by atoms with van der Waals surface area (Å²) in [4.78, 5) is 23.8. The number of thioether (sulfide) groups is 1. The van der Waals surface area contributed by atoms with Crippen molar-refractivity contribution in [2.45, 2.75) is 10.4 Å². The minimum atomic E-state index is -4.41. The molecule has 0 unspecified atom stereocenters. The molecule has 0 aliphatic carbocycles. The smallest absolute Gasteiger partial charge is 0.446 e. The van der Waals surface area contributed by atoms with Crippen molar-refractivity contribution >= 4 is 29.3 Å². The summed E-state index contributed by atoms with van der Waals surface area (Å²) in [5, 5.41) is 2.55. The van der Waals surface area contributed by atoms with Crippen LogP contribution in [-0.4, -0.2) is 37.2 Å². The van der Waals surface area contributed by atoms with Crippen molar-refractivity contribution in [2.75, 3.05) is 25.1 Å². The number of alkyl halides is 3. The van der Waals surface area contributed by atoms with E-state index in [0.717, 1.165) is 12.1 Å². The van der Waals surface area contributed by atoms with Crippen LogP contribution in [-0.2, 0) is 9.53 Å². The Morgan fingerprint density at radius 2 is 1.71 bits per heavy atom. The molecule has 0 saturated carbocycles. The standard InChI is InChI=1S/C18H14F3NO5S/c19-18(20,21)28-13-4-1-11(2-5-13)17(24)27-10-16(23)22-12-3-6-14-15(9-12)26-8-7-25-14/h1-6,9H,7-8,10H2,(H,22,23). The van der Waals surface area contributed by atoms with E-state index < -0.39 is 24.0 Å². The van der Waals surface area contributed by atoms with Crippen LogP contribution in [0.1, 0.15) is 10.4 Å². The molecule has 28 heavy (non-hydrogen) atoms. The maximum absolute atomic E-state index is 12.3. The van der Waals surface area contributed by atoms with E-state index in [0.29, 0.717) is 30.4 Å². The molecule has 3 rings (SSSR count). The first kappa shape index (κ1) is 19.9. The van der Waals surface area contributed by atoms with E-state index >= 15 is 0 Å². The summed E-state index contributed by atoms with van der Waals surface area (Å²) in [5.41, 5.74) is -3.92. The fourth-order valence-electron chi connectivity index (χ4n) is 2.33. The second-order valence-electron chi connectivity index (χ2n) is 5.55. The lowest BCUT2D eigenvalue weighted by Crippen LogP contribution is -2.21. The second kappa shape index (κ2) is 8.42. The number of fused-ring (bicyclic) bond motifs is 1. The molecule has 0 aromatic heterocycles. The number of esters is 1. The molecule has 0 bridgehead atoms. The van der Waals surface area contributed by atoms with Gasteiger partial charge >= 0.3 is 11.5 Å². The Balaban J connectivity index is 1.51. The van der Waals surface area contributed by atoms with E-state index in [9.17, 15) is 22.8 Å². The third kappa shape index (κ3) is 5.56. The van der Waals surface area contributed by atoms with Gasteiger partial charge in [-0.3, -0.25) is 4.79 Å². The number of ether oxygens (including phenoxy) is 3. The van der Waals surface area contributed by atoms with Gasteiger partial charge in [0, 0.05) is 16.6 Å². The number of anilines is 1. The molecule has 1 amide bonds. The number of carbonyl (C=O) groups is 2. The zero-order valence-corrected chi connectivity index (χ0v) is 15.1. The highest BCUT2D eigenvalue weighted by atomic mass is 32.2. The normalized spacial score (nSPS) is 13.0. The van der Waals surface area contributed by atoms with Crippen molar-refractivity contribution in [1.82, 2.24) is 0 Å². The minimum Gasteiger partial charge on any atom is -0.486 e. The highest BCUT2D eigenvalue weighted by molar-refractivity contribution is 8.00. The van der Waals surface area contributed by atoms with Crippen molar-refractivity contribution in [3.63, 3.8) is 0 Å². The summed E-state index contributed by atoms with van der Waals surface area (Å²) >= 11 is -0.285. The number of hydrogen-bond acceptors (Lipinski definition) is 6. The van der Waals surface area contributed by atoms with Crippen molar-refractivity contribution in [1.29, 1.82) is 0 Å². The van der Waals surface area contributed by atoms with Crippen LogP contribution < -0.4 is 14.8 Å². The van der Waals surface area contributed by atoms with Gasteiger partial charge in [0.15, 0.2) is 18.1 Å². The van der Waals surface area contributed by atoms with E-state index in [-0.39, 0.29) is 22.2 Å². The lowest BCUT2D eigenvalue weighted by Gasteiger charge is -2.19. The largest absolute Gasteiger partial charge is 0.486 e. The summed E-state index contributed by atoms with van der Waals surface area (Å²) in [6.45, 7) is 0.305. The minimum absolute atomic E-state index is 0.0404. The molecule has 2 aromatic rings. The van der Waals surface area contributed by atoms with Crippen LogP contribution in [0.4, 0.5) is 18.9 Å². The molecule has 148 valence electrons. The van der Waals surface area contributed by atoms with Gasteiger partial charge in [0.05, 0.1) is 5.56 Å². The lowest BCUT2D eigenvalue weighted by molar-refractivity contribution is -0.119. The molecule has 6 nitrogen and oxygen atoms in total. The lowest BCUT2D eigenvalue weighted by atomic mass is 10.2. The van der Waals surface area contributed by atoms with Crippen molar-refractivity contribution in [3.05, 3.63) is 48.0 Å². The first-order chi connectivity index (χ1) is 13.3. The van der Waals surface area contributed by atoms with Gasteiger partial charge < -0.3 is 19.5 Å². The van der Waals surface area contributed by atoms with E-state index in [2.05, 4.69) is 5.32 Å². The molecular weight excluding hydrogens is 399 g/mol. The van der Waals surface area contributed by atoms with Gasteiger partial charge in [-0.1, -0.05) is 0 Å². The molecule has 10 heteroatoms. The molecule has 2 aromatic carbocycles. The highest BCUT2D eigenvalue weighted by Gasteiger charge is 2.29. The average molecular weight is 413 g/mol. The fourth-order valence-corrected chi connectivity index (χ4v) is 2.86. The molecule has 1 N–H and O–H groups in total. The monoisotopic (exact) mass is 413 g/mol. The Kier molecular flexibility index (Phi) is 5.98. The summed E-state index contributed by atoms with van der Waals surface area (Å²) < 4.78 is 52.5. The van der Waals surface area contributed by atoms with E-state index in [1.54, 1.807) is 18.2 Å². The maximum Gasteiger partial charge on any atom is 0.446 e. The Labute approximate surface area is 162 Å². The van der Waals surface area contributed by atoms with Gasteiger partial charge in [0.1, 0.15) is 13.2 Å². The first-order valence-corrected chi connectivity index (χ1v) is 8.84. The zero-order chi connectivity index (χ0) is 20.1. The van der Waals surface area contributed by atoms with Crippen LogP contribution in [0, 0.1) is 0 Å². The van der Waals surface area contributed by atoms with E-state index in [1.165, 1.54) is 12.1 Å². The molecule has 0 radical (unpaired) electrons. The van der Waals surface area contributed by atoms with Crippen LogP contribution >= 0.6 is 11.8 Å². The Bertz CT molecular complexity index is 871. The van der Waals surface area contributed by atoms with E-state index in [4.69, 9.17) is 14.2 Å². The first-order valence-electron chi connectivity index (χ1n) is 8.02. The topological polar surface area (TPSA) is 73.9 Å². The Morgan fingerprint density at radius 3 is 2.39 bits per heavy atom. The van der Waals surface area contributed by atoms with Crippen molar-refractivity contribution < 1.29 is 37.0 Å². The quantitative estimate of drug-likeness (QED) is 0.593. The number of halogens is 3. The Hall–Kier alpha value is -2.88. The summed E-state index contributed by atoms with van der Waals surface area (Å²) in [7, 11) is 0. The van der Waals surface area contributed by atoms with Crippen molar-refractivity contribution in [2.24, 2.45) is 0 Å². The zero-order valence-electron chi connectivity index (χ0n) is 14.2. The van der Waals surface area contributed by atoms with Gasteiger partial charge in [0.2, 0.25) is 0 Å². The molecule has 0 saturated heterocycles. The van der Waals surface area contributed by atoms with Gasteiger partial charge in [0.25, 0.3) is 5.91 Å². The van der Waals surface area contributed by atoms with Crippen LogP contribution in [0.15, 0.2) is 47.4 Å². The number of rotatable bonds is 5. The number of nitrogens with one attached hydrogen (secondary N) is 1. The van der Waals surface area contributed by atoms with Crippen LogP contribution in [0.25, 0.3) is 0 Å². The summed E-state index contributed by atoms with van der Waals surface area (Å²) in [6, 6.07) is 9.57. The predicted molar refractivity (Wildman–Crippen MR) is 94.7 cm³/mol. The highest BCUT2D eigenvalue weighted by Crippen LogP contribution is 2.36. The average Bonchev–Trinajstić information content (AvgIpc) is 2.65. The SMILES string of the molecule is O=C(COC(=O)c1ccc(SC(F)(F)F)cc1)Nc1ccc2c(c1)OCCO2. The molecule has 0 fully saturated rings. The Morgan fingerprint density at radius 1 is 1.04 bits per heavy atom. The van der Waals surface area contributed by atoms with Gasteiger partial charge in [-0.25, -0.2) is 4.79 Å². The molecule has 1 aliphatic rings. The third-order valence-electron chi connectivity index (χ3n) is 3.48. The molecule has 1 heterocycles. The van der Waals surface area contributed by atoms with E-state index in [1.807, 2.05) is 0 Å². The third-order valence-corrected chi connectivity index (χ3v) is 4.22. The van der Waals surface area contributed by atoms with Gasteiger partial charge in [-0.05, 0) is 48.2 Å². The van der Waals surface area contributed by atoms with Crippen LogP contribution in [0.5, 0.6) is 11.5 Å². The number of hydrogen-bond donors (Lipinski definition) is 1. The van der Waals surface area contributed by atoms with Gasteiger partial charge in [-0.2, -0.15) is 13.2 Å². The molecule has 0 atom stereocenters. The van der Waals surface area contributed by atoms with Gasteiger partial charge in [-0.15, -0.1) is 0 Å². The number of benzene rings is 2. The molecule has 0 spiro atoms. The fraction of sp³-hybridized carbons (Fsp3) is 0.222. The second-order valence-corrected chi connectivity index (χ2v) is 6.69. The molecular formula is C18H14F3NO5S. The predicted octanol–water partition coefficient (Wildman–Crippen LogP) is 3.87. The number of carbonyl (C=O) groups excluding carboxylic acids is 2. The van der Waals surface area contributed by atoms with Crippen LogP contribution in [0.3, 0.4) is 0 Å². The van der Waals surface area contributed by atoms with Crippen molar-refractivity contribution in [3.8, 4) is 11.5 Å². The number of amides is 1. The molecule has 1 aliphatic heterocycles. The van der Waals surface area contributed by atoms with Crippen LogP contribution in [0.2, 0.25) is 0 Å². The maximum atomic E-state index is 12.3. The summed E-state index contributed by atoms with van der Waals surface area (Å²) in [5.74, 6) is -0.323.